The summed E-state index contributed by atoms with van der Waals surface area (Å²) in [6.07, 6.45) is 2.58. The van der Waals surface area contributed by atoms with Gasteiger partial charge in [-0.25, -0.2) is 0 Å². The lowest BCUT2D eigenvalue weighted by Crippen LogP contribution is -2.33. The summed E-state index contributed by atoms with van der Waals surface area (Å²) in [5, 5.41) is 0. The zero-order chi connectivity index (χ0) is 11.3. The van der Waals surface area contributed by atoms with E-state index in [0.717, 1.165) is 19.3 Å². The lowest BCUT2D eigenvalue weighted by atomic mass is 9.97. The molecular weight excluding hydrogens is 192 g/mol. The van der Waals surface area contributed by atoms with Gasteiger partial charge in [0.1, 0.15) is 5.78 Å². The second-order valence-corrected chi connectivity index (χ2v) is 3.97. The highest BCUT2D eigenvalue weighted by Gasteiger charge is 2.38. The number of ketones is 1. The summed E-state index contributed by atoms with van der Waals surface area (Å²) in [5.41, 5.74) is 0. The molecule has 3 nitrogen and oxygen atoms in total. The van der Waals surface area contributed by atoms with Gasteiger partial charge in [0.25, 0.3) is 0 Å². The minimum absolute atomic E-state index is 0.0719. The number of rotatable bonds is 8. The highest BCUT2D eigenvalue weighted by Crippen LogP contribution is 2.34. The van der Waals surface area contributed by atoms with Crippen molar-refractivity contribution in [3.05, 3.63) is 0 Å². The molecular formula is C12H22O3. The third kappa shape index (κ3) is 3.58. The zero-order valence-electron chi connectivity index (χ0n) is 9.99. The van der Waals surface area contributed by atoms with Crippen molar-refractivity contribution in [3.8, 4) is 0 Å². The summed E-state index contributed by atoms with van der Waals surface area (Å²) in [5.74, 6) is 0.556. The predicted octanol–water partition coefficient (Wildman–Crippen LogP) is 2.39. The van der Waals surface area contributed by atoms with Crippen LogP contribution in [0.5, 0.6) is 0 Å². The first-order valence-corrected chi connectivity index (χ1v) is 6.01. The van der Waals surface area contributed by atoms with Crippen LogP contribution in [0.25, 0.3) is 0 Å². The molecule has 3 heteroatoms. The fourth-order valence-electron chi connectivity index (χ4n) is 1.81. The minimum Gasteiger partial charge on any atom is -0.352 e. The molecule has 0 bridgehead atoms. The quantitative estimate of drug-likeness (QED) is 0.582. The average molecular weight is 214 g/mol. The molecule has 0 saturated heterocycles. The van der Waals surface area contributed by atoms with Gasteiger partial charge in [-0.1, -0.05) is 6.92 Å². The fraction of sp³-hybridized carbons (Fsp3) is 0.917. The average Bonchev–Trinajstić information content (AvgIpc) is 3.02. The Morgan fingerprint density at radius 1 is 1.20 bits per heavy atom. The molecule has 1 atom stereocenters. The molecule has 1 aliphatic rings. The molecule has 0 heterocycles. The van der Waals surface area contributed by atoms with Crippen LogP contribution in [0.2, 0.25) is 0 Å². The second kappa shape index (κ2) is 6.23. The molecule has 0 aliphatic heterocycles. The Labute approximate surface area is 92.1 Å². The normalized spacial score (nSPS) is 18.1. The molecule has 1 unspecified atom stereocenters. The topological polar surface area (TPSA) is 35.5 Å². The van der Waals surface area contributed by atoms with Crippen LogP contribution in [-0.4, -0.2) is 25.3 Å². The monoisotopic (exact) mass is 214 g/mol. The lowest BCUT2D eigenvalue weighted by Gasteiger charge is -2.24. The van der Waals surface area contributed by atoms with Crippen LogP contribution in [0, 0.1) is 11.8 Å². The maximum Gasteiger partial charge on any atom is 0.167 e. The van der Waals surface area contributed by atoms with Crippen LogP contribution in [-0.2, 0) is 14.3 Å². The molecule has 0 amide bonds. The molecule has 0 aromatic heterocycles. The van der Waals surface area contributed by atoms with Crippen molar-refractivity contribution in [1.82, 2.24) is 0 Å². The van der Waals surface area contributed by atoms with Crippen LogP contribution in [0.4, 0.5) is 0 Å². The van der Waals surface area contributed by atoms with Gasteiger partial charge in [0.05, 0.1) is 5.92 Å². The Balaban J connectivity index is 2.54. The van der Waals surface area contributed by atoms with Crippen molar-refractivity contribution in [2.45, 2.75) is 46.3 Å². The molecule has 0 radical (unpaired) electrons. The number of ether oxygens (including phenoxy) is 2. The molecule has 0 aromatic carbocycles. The van der Waals surface area contributed by atoms with Gasteiger partial charge in [-0.2, -0.15) is 0 Å². The maximum atomic E-state index is 12.0. The Morgan fingerprint density at radius 2 is 1.73 bits per heavy atom. The van der Waals surface area contributed by atoms with Crippen LogP contribution in [0.15, 0.2) is 0 Å². The van der Waals surface area contributed by atoms with Gasteiger partial charge in [-0.3, -0.25) is 4.79 Å². The first-order valence-electron chi connectivity index (χ1n) is 6.01. The van der Waals surface area contributed by atoms with Crippen molar-refractivity contribution < 1.29 is 14.3 Å². The first-order chi connectivity index (χ1) is 7.24. The molecule has 1 saturated carbocycles. The largest absolute Gasteiger partial charge is 0.352 e. The fourth-order valence-corrected chi connectivity index (χ4v) is 1.81. The molecule has 1 rings (SSSR count). The van der Waals surface area contributed by atoms with E-state index in [-0.39, 0.29) is 12.2 Å². The number of hydrogen-bond donors (Lipinski definition) is 0. The van der Waals surface area contributed by atoms with E-state index in [0.29, 0.717) is 24.9 Å². The van der Waals surface area contributed by atoms with Gasteiger partial charge < -0.3 is 9.47 Å². The maximum absolute atomic E-state index is 12.0. The smallest absolute Gasteiger partial charge is 0.167 e. The van der Waals surface area contributed by atoms with E-state index >= 15 is 0 Å². The number of hydrogen-bond acceptors (Lipinski definition) is 3. The van der Waals surface area contributed by atoms with E-state index in [4.69, 9.17) is 9.47 Å². The van der Waals surface area contributed by atoms with Gasteiger partial charge in [-0.05, 0) is 33.1 Å². The molecule has 15 heavy (non-hydrogen) atoms. The van der Waals surface area contributed by atoms with Crippen molar-refractivity contribution in [2.24, 2.45) is 11.8 Å². The summed E-state index contributed by atoms with van der Waals surface area (Å²) in [4.78, 5) is 12.0. The van der Waals surface area contributed by atoms with E-state index < -0.39 is 0 Å². The third-order valence-corrected chi connectivity index (χ3v) is 2.78. The van der Waals surface area contributed by atoms with Crippen LogP contribution >= 0.6 is 0 Å². The molecule has 0 spiro atoms. The van der Waals surface area contributed by atoms with Crippen molar-refractivity contribution in [3.63, 3.8) is 0 Å². The molecule has 88 valence electrons. The number of carbonyl (C=O) groups excluding carboxylic acids is 1. The van der Waals surface area contributed by atoms with Crippen molar-refractivity contribution in [2.75, 3.05) is 13.2 Å². The lowest BCUT2D eigenvalue weighted by molar-refractivity contribution is -0.175. The van der Waals surface area contributed by atoms with Crippen molar-refractivity contribution >= 4 is 5.78 Å². The Kier molecular flexibility index (Phi) is 5.26. The Morgan fingerprint density at radius 3 is 2.07 bits per heavy atom. The van der Waals surface area contributed by atoms with E-state index in [1.807, 2.05) is 20.8 Å². The van der Waals surface area contributed by atoms with Crippen molar-refractivity contribution in [1.29, 1.82) is 0 Å². The van der Waals surface area contributed by atoms with Crippen LogP contribution < -0.4 is 0 Å². The van der Waals surface area contributed by atoms with Crippen LogP contribution in [0.3, 0.4) is 0 Å². The zero-order valence-corrected chi connectivity index (χ0v) is 9.99. The molecule has 0 N–H and O–H groups in total. The third-order valence-electron chi connectivity index (χ3n) is 2.78. The summed E-state index contributed by atoms with van der Waals surface area (Å²) < 4.78 is 11.0. The highest BCUT2D eigenvalue weighted by molar-refractivity contribution is 5.85. The van der Waals surface area contributed by atoms with E-state index in [1.54, 1.807) is 0 Å². The summed E-state index contributed by atoms with van der Waals surface area (Å²) in [6.45, 7) is 7.08. The minimum atomic E-state index is -0.335. The summed E-state index contributed by atoms with van der Waals surface area (Å²) >= 11 is 0. The Bertz CT molecular complexity index is 193. The predicted molar refractivity (Wildman–Crippen MR) is 58.6 cm³/mol. The standard InChI is InChI=1S/C12H22O3/c1-4-10(11(13)9-7-8-9)12(14-5-2)15-6-3/h9-10,12H,4-8H2,1-3H3. The summed E-state index contributed by atoms with van der Waals surface area (Å²) in [6, 6.07) is 0. The summed E-state index contributed by atoms with van der Waals surface area (Å²) in [7, 11) is 0. The number of Topliss-reactive ketones (excluding diaryl/α,β-unsaturated/α-hetero) is 1. The number of carbonyl (C=O) groups is 1. The second-order valence-electron chi connectivity index (χ2n) is 3.97. The SMILES string of the molecule is CCOC(OCC)C(CC)C(=O)C1CC1. The van der Waals surface area contributed by atoms with E-state index in [2.05, 4.69) is 0 Å². The van der Waals surface area contributed by atoms with Gasteiger partial charge in [0, 0.05) is 19.1 Å². The molecule has 1 fully saturated rings. The van der Waals surface area contributed by atoms with E-state index in [1.165, 1.54) is 0 Å². The van der Waals surface area contributed by atoms with Gasteiger partial charge in [0.15, 0.2) is 6.29 Å². The Hall–Kier alpha value is -0.410. The van der Waals surface area contributed by atoms with Crippen LogP contribution in [0.1, 0.15) is 40.0 Å². The first kappa shape index (κ1) is 12.7. The van der Waals surface area contributed by atoms with E-state index in [9.17, 15) is 4.79 Å². The molecule has 1 aliphatic carbocycles. The van der Waals surface area contributed by atoms with Gasteiger partial charge in [-0.15, -0.1) is 0 Å². The van der Waals surface area contributed by atoms with Gasteiger partial charge >= 0.3 is 0 Å². The molecule has 0 aromatic rings. The van der Waals surface area contributed by atoms with Gasteiger partial charge in [0.2, 0.25) is 0 Å². The highest BCUT2D eigenvalue weighted by atomic mass is 16.7.